The molecule has 1 aliphatic rings. The molecule has 3 rings (SSSR count). The van der Waals surface area contributed by atoms with E-state index in [4.69, 9.17) is 9.47 Å². The van der Waals surface area contributed by atoms with Gasteiger partial charge in [0.25, 0.3) is 0 Å². The van der Waals surface area contributed by atoms with E-state index < -0.39 is 0 Å². The van der Waals surface area contributed by atoms with E-state index in [1.54, 1.807) is 26.0 Å². The van der Waals surface area contributed by atoms with Gasteiger partial charge in [0.15, 0.2) is 11.5 Å². The molecular weight excluding hydrogens is 296 g/mol. The van der Waals surface area contributed by atoms with E-state index in [1.165, 1.54) is 5.56 Å². The van der Waals surface area contributed by atoms with Crippen molar-refractivity contribution in [2.75, 3.05) is 14.2 Å². The van der Waals surface area contributed by atoms with E-state index in [1.807, 2.05) is 18.2 Å². The molecule has 0 radical (unpaired) electrons. The van der Waals surface area contributed by atoms with Crippen LogP contribution >= 0.6 is 11.8 Å². The Morgan fingerprint density at radius 1 is 1.00 bits per heavy atom. The maximum Gasteiger partial charge on any atom is 0.161 e. The summed E-state index contributed by atoms with van der Waals surface area (Å²) >= 11 is 1.70. The standard InChI is InChI=1S/C17H18N2O2S/c1-11-4-6-12(7-5-11)16-18-19-17(22-16)13-8-9-14(20-2)15(10-13)21-3/h4-10,17,19H,1-3H3/t17-/m1/s1. The van der Waals surface area contributed by atoms with Crippen LogP contribution in [0.4, 0.5) is 0 Å². The molecule has 1 aliphatic heterocycles. The molecule has 0 saturated carbocycles. The monoisotopic (exact) mass is 314 g/mol. The second-order valence-electron chi connectivity index (χ2n) is 5.02. The van der Waals surface area contributed by atoms with Crippen LogP contribution in [-0.4, -0.2) is 19.3 Å². The number of nitrogens with zero attached hydrogens (tertiary/aromatic N) is 1. The van der Waals surface area contributed by atoms with Gasteiger partial charge in [0.2, 0.25) is 0 Å². The Labute approximate surface area is 134 Å². The summed E-state index contributed by atoms with van der Waals surface area (Å²) in [4.78, 5) is 0. The van der Waals surface area contributed by atoms with E-state index in [-0.39, 0.29) is 5.37 Å². The van der Waals surface area contributed by atoms with Crippen LogP contribution in [0.2, 0.25) is 0 Å². The third-order valence-corrected chi connectivity index (χ3v) is 4.69. The van der Waals surface area contributed by atoms with Crippen LogP contribution in [0.3, 0.4) is 0 Å². The highest BCUT2D eigenvalue weighted by atomic mass is 32.2. The molecule has 2 aromatic rings. The molecule has 0 spiro atoms. The number of ether oxygens (including phenoxy) is 2. The Bertz CT molecular complexity index is 698. The first kappa shape index (κ1) is 14.8. The molecular formula is C17H18N2O2S. The molecule has 0 bridgehead atoms. The zero-order valence-corrected chi connectivity index (χ0v) is 13.6. The summed E-state index contributed by atoms with van der Waals surface area (Å²) in [7, 11) is 3.28. The predicted molar refractivity (Wildman–Crippen MR) is 90.7 cm³/mol. The maximum atomic E-state index is 5.36. The average molecular weight is 314 g/mol. The molecule has 22 heavy (non-hydrogen) atoms. The summed E-state index contributed by atoms with van der Waals surface area (Å²) in [5.41, 5.74) is 6.66. The topological polar surface area (TPSA) is 42.8 Å². The second kappa shape index (κ2) is 6.32. The zero-order valence-electron chi connectivity index (χ0n) is 12.8. The summed E-state index contributed by atoms with van der Waals surface area (Å²) in [5.74, 6) is 1.46. The van der Waals surface area contributed by atoms with E-state index in [2.05, 4.69) is 41.7 Å². The van der Waals surface area contributed by atoms with Gasteiger partial charge in [-0.2, -0.15) is 5.10 Å². The summed E-state index contributed by atoms with van der Waals surface area (Å²) in [6.07, 6.45) is 0. The van der Waals surface area contributed by atoms with Crippen molar-refractivity contribution in [2.24, 2.45) is 5.10 Å². The van der Waals surface area contributed by atoms with Gasteiger partial charge in [-0.1, -0.05) is 47.7 Å². The Morgan fingerprint density at radius 3 is 2.41 bits per heavy atom. The van der Waals surface area contributed by atoms with Crippen molar-refractivity contribution in [3.63, 3.8) is 0 Å². The number of benzene rings is 2. The smallest absolute Gasteiger partial charge is 0.161 e. The average Bonchev–Trinajstić information content (AvgIpc) is 3.05. The van der Waals surface area contributed by atoms with Crippen LogP contribution in [0.25, 0.3) is 0 Å². The van der Waals surface area contributed by atoms with E-state index in [0.717, 1.165) is 27.7 Å². The predicted octanol–water partition coefficient (Wildman–Crippen LogP) is 3.71. The normalized spacial score (nSPS) is 16.9. The molecule has 0 unspecified atom stereocenters. The number of hydrazone groups is 1. The minimum Gasteiger partial charge on any atom is -0.493 e. The fraction of sp³-hybridized carbons (Fsp3) is 0.235. The number of methoxy groups -OCH3 is 2. The third-order valence-electron chi connectivity index (χ3n) is 3.52. The highest BCUT2D eigenvalue weighted by Gasteiger charge is 2.23. The highest BCUT2D eigenvalue weighted by Crippen LogP contribution is 2.38. The first-order chi connectivity index (χ1) is 10.7. The molecule has 0 saturated heterocycles. The summed E-state index contributed by atoms with van der Waals surface area (Å²) in [5, 5.41) is 5.53. The van der Waals surface area contributed by atoms with Crippen LogP contribution < -0.4 is 14.9 Å². The van der Waals surface area contributed by atoms with Crippen molar-refractivity contribution >= 4 is 16.8 Å². The quantitative estimate of drug-likeness (QED) is 0.934. The van der Waals surface area contributed by atoms with Gasteiger partial charge >= 0.3 is 0 Å². The Balaban J connectivity index is 1.78. The number of hydrogen-bond donors (Lipinski definition) is 1. The SMILES string of the molecule is COc1ccc([C@@H]2NN=C(c3ccc(C)cc3)S2)cc1OC. The Hall–Kier alpha value is -2.14. The molecule has 0 amide bonds. The summed E-state index contributed by atoms with van der Waals surface area (Å²) in [6, 6.07) is 14.3. The first-order valence-electron chi connectivity index (χ1n) is 7.00. The fourth-order valence-corrected chi connectivity index (χ4v) is 3.26. The zero-order chi connectivity index (χ0) is 15.5. The molecule has 114 valence electrons. The number of rotatable bonds is 4. The van der Waals surface area contributed by atoms with Crippen molar-refractivity contribution < 1.29 is 9.47 Å². The molecule has 0 aliphatic carbocycles. The Morgan fingerprint density at radius 2 is 1.73 bits per heavy atom. The number of hydrogen-bond acceptors (Lipinski definition) is 5. The van der Waals surface area contributed by atoms with Crippen LogP contribution in [0.1, 0.15) is 22.1 Å². The number of aryl methyl sites for hydroxylation is 1. The van der Waals surface area contributed by atoms with Gasteiger partial charge in [0, 0.05) is 5.56 Å². The number of thioether (sulfide) groups is 1. The fourth-order valence-electron chi connectivity index (χ4n) is 2.27. The van der Waals surface area contributed by atoms with E-state index in [0.29, 0.717) is 0 Å². The molecule has 2 aromatic carbocycles. The van der Waals surface area contributed by atoms with Gasteiger partial charge in [0.05, 0.1) is 14.2 Å². The van der Waals surface area contributed by atoms with Crippen molar-refractivity contribution in [2.45, 2.75) is 12.3 Å². The third kappa shape index (κ3) is 2.90. The van der Waals surface area contributed by atoms with Crippen LogP contribution in [0.15, 0.2) is 47.6 Å². The van der Waals surface area contributed by atoms with Gasteiger partial charge in [-0.25, -0.2) is 0 Å². The highest BCUT2D eigenvalue weighted by molar-refractivity contribution is 8.14. The van der Waals surface area contributed by atoms with Crippen molar-refractivity contribution in [3.05, 3.63) is 59.2 Å². The maximum absolute atomic E-state index is 5.36. The largest absolute Gasteiger partial charge is 0.493 e. The minimum atomic E-state index is 0.0797. The van der Waals surface area contributed by atoms with Gasteiger partial charge < -0.3 is 9.47 Å². The van der Waals surface area contributed by atoms with E-state index >= 15 is 0 Å². The lowest BCUT2D eigenvalue weighted by Crippen LogP contribution is -2.07. The van der Waals surface area contributed by atoms with Crippen LogP contribution in [0.5, 0.6) is 11.5 Å². The van der Waals surface area contributed by atoms with Gasteiger partial charge in [-0.05, 0) is 24.6 Å². The van der Waals surface area contributed by atoms with Gasteiger partial charge in [-0.15, -0.1) is 0 Å². The van der Waals surface area contributed by atoms with Crippen molar-refractivity contribution in [1.82, 2.24) is 5.43 Å². The lowest BCUT2D eigenvalue weighted by atomic mass is 10.2. The lowest BCUT2D eigenvalue weighted by Gasteiger charge is -2.13. The summed E-state index contributed by atoms with van der Waals surface area (Å²) < 4.78 is 10.6. The second-order valence-corrected chi connectivity index (χ2v) is 6.12. The van der Waals surface area contributed by atoms with Gasteiger partial charge in [0.1, 0.15) is 10.4 Å². The first-order valence-corrected chi connectivity index (χ1v) is 7.88. The van der Waals surface area contributed by atoms with E-state index in [9.17, 15) is 0 Å². The molecule has 1 atom stereocenters. The molecule has 5 heteroatoms. The van der Waals surface area contributed by atoms with Crippen LogP contribution in [0, 0.1) is 6.92 Å². The summed E-state index contributed by atoms with van der Waals surface area (Å²) in [6.45, 7) is 2.08. The van der Waals surface area contributed by atoms with Crippen molar-refractivity contribution in [3.8, 4) is 11.5 Å². The molecule has 1 heterocycles. The molecule has 0 aromatic heterocycles. The van der Waals surface area contributed by atoms with Gasteiger partial charge in [-0.3, -0.25) is 5.43 Å². The molecule has 4 nitrogen and oxygen atoms in total. The minimum absolute atomic E-state index is 0.0797. The Kier molecular flexibility index (Phi) is 4.24. The van der Waals surface area contributed by atoms with Crippen LogP contribution in [-0.2, 0) is 0 Å². The lowest BCUT2D eigenvalue weighted by molar-refractivity contribution is 0.354. The molecule has 1 N–H and O–H groups in total. The van der Waals surface area contributed by atoms with Crippen molar-refractivity contribution in [1.29, 1.82) is 0 Å². The molecule has 0 fully saturated rings. The number of nitrogens with one attached hydrogen (secondary N) is 1.